The second kappa shape index (κ2) is 9.17. The maximum Gasteiger partial charge on any atom is 0.221 e. The average molecular weight is 348 g/mol. The molecule has 1 amide bonds. The van der Waals surface area contributed by atoms with E-state index >= 15 is 0 Å². The van der Waals surface area contributed by atoms with Crippen molar-refractivity contribution in [1.29, 1.82) is 0 Å². The first kappa shape index (κ1) is 18.2. The summed E-state index contributed by atoms with van der Waals surface area (Å²) >= 11 is 0. The summed E-state index contributed by atoms with van der Waals surface area (Å²) in [5.74, 6) is 1.34. The van der Waals surface area contributed by atoms with Crippen LogP contribution in [0.2, 0.25) is 0 Å². The number of ether oxygens (including phenoxy) is 3. The summed E-state index contributed by atoms with van der Waals surface area (Å²) in [6.07, 6.45) is 1.48. The Balaban J connectivity index is 1.50. The van der Waals surface area contributed by atoms with Crippen LogP contribution in [0.3, 0.4) is 0 Å². The topological polar surface area (TPSA) is 68.8 Å². The van der Waals surface area contributed by atoms with Crippen LogP contribution in [0.1, 0.15) is 24.0 Å². The molecule has 0 bridgehead atoms. The van der Waals surface area contributed by atoms with Gasteiger partial charge in [0, 0.05) is 43.6 Å². The van der Waals surface area contributed by atoms with Crippen molar-refractivity contribution in [3.8, 4) is 5.75 Å². The van der Waals surface area contributed by atoms with Crippen LogP contribution in [0.25, 0.3) is 0 Å². The van der Waals surface area contributed by atoms with Gasteiger partial charge in [0.1, 0.15) is 5.75 Å². The highest BCUT2D eigenvalue weighted by atomic mass is 16.5. The van der Waals surface area contributed by atoms with Gasteiger partial charge in [-0.2, -0.15) is 0 Å². The Kier molecular flexibility index (Phi) is 6.67. The van der Waals surface area contributed by atoms with E-state index in [4.69, 9.17) is 14.2 Å². The number of hydrogen-bond acceptors (Lipinski definition) is 5. The van der Waals surface area contributed by atoms with Gasteiger partial charge in [-0.15, -0.1) is 0 Å². The largest absolute Gasteiger partial charge is 0.493 e. The summed E-state index contributed by atoms with van der Waals surface area (Å²) in [6, 6.07) is 6.21. The minimum atomic E-state index is 0.0266. The van der Waals surface area contributed by atoms with Crippen molar-refractivity contribution in [3.05, 3.63) is 29.3 Å². The third-order valence-electron chi connectivity index (χ3n) is 4.63. The normalized spacial score (nSPS) is 23.4. The second-order valence-corrected chi connectivity index (χ2v) is 6.86. The summed E-state index contributed by atoms with van der Waals surface area (Å²) in [4.78, 5) is 12.2. The zero-order valence-corrected chi connectivity index (χ0v) is 14.9. The number of aryl methyl sites for hydroxylation is 1. The fourth-order valence-electron chi connectivity index (χ4n) is 3.11. The Labute approximate surface area is 149 Å². The molecule has 6 heteroatoms. The minimum absolute atomic E-state index is 0.0266. The second-order valence-electron chi connectivity index (χ2n) is 6.86. The molecule has 0 spiro atoms. The van der Waals surface area contributed by atoms with Gasteiger partial charge in [-0.05, 0) is 25.0 Å². The predicted octanol–water partition coefficient (Wildman–Crippen LogP) is 1.41. The fraction of sp³-hybridized carbons (Fsp3) is 0.632. The van der Waals surface area contributed by atoms with Gasteiger partial charge >= 0.3 is 0 Å². The highest BCUT2D eigenvalue weighted by Crippen LogP contribution is 2.22. The molecular formula is C19H28N2O4. The lowest BCUT2D eigenvalue weighted by molar-refractivity contribution is -0.122. The Morgan fingerprint density at radius 1 is 1.32 bits per heavy atom. The van der Waals surface area contributed by atoms with E-state index in [1.54, 1.807) is 0 Å². The molecule has 2 heterocycles. The predicted molar refractivity (Wildman–Crippen MR) is 94.7 cm³/mol. The fourth-order valence-corrected chi connectivity index (χ4v) is 3.11. The Hall–Kier alpha value is -1.63. The molecule has 0 aliphatic carbocycles. The summed E-state index contributed by atoms with van der Waals surface area (Å²) in [6.45, 7) is 6.89. The van der Waals surface area contributed by atoms with Crippen molar-refractivity contribution in [2.45, 2.75) is 32.4 Å². The third-order valence-corrected chi connectivity index (χ3v) is 4.63. The van der Waals surface area contributed by atoms with Crippen molar-refractivity contribution in [3.63, 3.8) is 0 Å². The van der Waals surface area contributed by atoms with Gasteiger partial charge in [0.05, 0.1) is 26.4 Å². The van der Waals surface area contributed by atoms with E-state index in [9.17, 15) is 4.79 Å². The minimum Gasteiger partial charge on any atom is -0.493 e. The maximum atomic E-state index is 12.2. The first-order valence-corrected chi connectivity index (χ1v) is 9.08. The zero-order valence-electron chi connectivity index (χ0n) is 14.9. The van der Waals surface area contributed by atoms with Crippen LogP contribution in [0, 0.1) is 12.8 Å². The highest BCUT2D eigenvalue weighted by molar-refractivity contribution is 5.76. The van der Waals surface area contributed by atoms with Crippen LogP contribution in [0.4, 0.5) is 0 Å². The molecule has 2 fully saturated rings. The molecule has 1 aromatic carbocycles. The van der Waals surface area contributed by atoms with E-state index in [2.05, 4.69) is 10.6 Å². The molecular weight excluding hydrogens is 320 g/mol. The van der Waals surface area contributed by atoms with Crippen molar-refractivity contribution >= 4 is 5.91 Å². The molecule has 2 aliphatic rings. The number of nitrogens with one attached hydrogen (secondary N) is 2. The maximum absolute atomic E-state index is 12.2. The smallest absolute Gasteiger partial charge is 0.221 e. The molecule has 3 rings (SSSR count). The summed E-state index contributed by atoms with van der Waals surface area (Å²) in [5.41, 5.74) is 2.15. The molecule has 6 nitrogen and oxygen atoms in total. The lowest BCUT2D eigenvalue weighted by atomic mass is 10.1. The van der Waals surface area contributed by atoms with Gasteiger partial charge in [-0.3, -0.25) is 4.79 Å². The van der Waals surface area contributed by atoms with Crippen LogP contribution in [-0.2, 0) is 20.8 Å². The number of rotatable bonds is 7. The first-order valence-electron chi connectivity index (χ1n) is 9.08. The summed E-state index contributed by atoms with van der Waals surface area (Å²) in [7, 11) is 0. The molecule has 2 unspecified atom stereocenters. The van der Waals surface area contributed by atoms with Crippen molar-refractivity contribution in [1.82, 2.24) is 10.6 Å². The number of amides is 1. The van der Waals surface area contributed by atoms with Crippen LogP contribution >= 0.6 is 0 Å². The third kappa shape index (κ3) is 5.70. The van der Waals surface area contributed by atoms with E-state index in [0.717, 1.165) is 43.1 Å². The lowest BCUT2D eigenvalue weighted by Gasteiger charge is -2.23. The number of carbonyl (C=O) groups is 1. The Morgan fingerprint density at radius 3 is 2.96 bits per heavy atom. The van der Waals surface area contributed by atoms with Gasteiger partial charge < -0.3 is 24.8 Å². The van der Waals surface area contributed by atoms with Crippen molar-refractivity contribution in [2.75, 3.05) is 39.6 Å². The summed E-state index contributed by atoms with van der Waals surface area (Å²) < 4.78 is 16.8. The van der Waals surface area contributed by atoms with Gasteiger partial charge in [-0.1, -0.05) is 12.1 Å². The molecule has 0 aromatic heterocycles. The summed E-state index contributed by atoms with van der Waals surface area (Å²) in [5, 5.41) is 6.29. The van der Waals surface area contributed by atoms with E-state index in [0.29, 0.717) is 38.7 Å². The van der Waals surface area contributed by atoms with Crippen LogP contribution < -0.4 is 15.4 Å². The molecule has 2 saturated heterocycles. The molecule has 2 N–H and O–H groups in total. The molecule has 2 atom stereocenters. The molecule has 0 saturated carbocycles. The SMILES string of the molecule is Cc1ccc(CNC(=O)CC2COCCN2)c(OCC2CCOC2)c1. The number of carbonyl (C=O) groups excluding carboxylic acids is 1. The number of benzene rings is 1. The molecule has 2 aliphatic heterocycles. The molecule has 25 heavy (non-hydrogen) atoms. The van der Waals surface area contributed by atoms with E-state index < -0.39 is 0 Å². The first-order chi connectivity index (χ1) is 12.2. The van der Waals surface area contributed by atoms with Crippen molar-refractivity contribution in [2.24, 2.45) is 5.92 Å². The quantitative estimate of drug-likeness (QED) is 0.780. The average Bonchev–Trinajstić information content (AvgIpc) is 3.13. The lowest BCUT2D eigenvalue weighted by Crippen LogP contribution is -2.44. The molecule has 1 aromatic rings. The Morgan fingerprint density at radius 2 is 2.20 bits per heavy atom. The number of hydrogen-bond donors (Lipinski definition) is 2. The zero-order chi connectivity index (χ0) is 17.5. The molecule has 0 radical (unpaired) electrons. The Bertz CT molecular complexity index is 567. The van der Waals surface area contributed by atoms with E-state index in [-0.39, 0.29) is 11.9 Å². The standard InChI is InChI=1S/C19H28N2O4/c1-14-2-3-16(18(8-14)25-12-15-4-6-23-11-15)10-21-19(22)9-17-13-24-7-5-20-17/h2-3,8,15,17,20H,4-7,9-13H2,1H3,(H,21,22). The molecule has 138 valence electrons. The van der Waals surface area contributed by atoms with Crippen LogP contribution in [-0.4, -0.2) is 51.5 Å². The number of morpholine rings is 1. The van der Waals surface area contributed by atoms with E-state index in [1.807, 2.05) is 25.1 Å². The monoisotopic (exact) mass is 348 g/mol. The van der Waals surface area contributed by atoms with Crippen LogP contribution in [0.5, 0.6) is 5.75 Å². The van der Waals surface area contributed by atoms with Gasteiger partial charge in [-0.25, -0.2) is 0 Å². The van der Waals surface area contributed by atoms with Gasteiger partial charge in [0.2, 0.25) is 5.91 Å². The van der Waals surface area contributed by atoms with E-state index in [1.165, 1.54) is 0 Å². The van der Waals surface area contributed by atoms with Gasteiger partial charge in [0.15, 0.2) is 0 Å². The van der Waals surface area contributed by atoms with Crippen molar-refractivity contribution < 1.29 is 19.0 Å². The van der Waals surface area contributed by atoms with Gasteiger partial charge in [0.25, 0.3) is 0 Å². The van der Waals surface area contributed by atoms with Crippen LogP contribution in [0.15, 0.2) is 18.2 Å². The highest BCUT2D eigenvalue weighted by Gasteiger charge is 2.18.